The van der Waals surface area contributed by atoms with E-state index in [9.17, 15) is 8.42 Å². The Morgan fingerprint density at radius 1 is 1.22 bits per heavy atom. The van der Waals surface area contributed by atoms with Crippen molar-refractivity contribution in [3.8, 4) is 0 Å². The van der Waals surface area contributed by atoms with Gasteiger partial charge in [-0.2, -0.15) is 0 Å². The average molecular weight is 393 g/mol. The molecule has 2 heterocycles. The number of aryl methyl sites for hydroxylation is 1. The second kappa shape index (κ2) is 8.50. The average Bonchev–Trinajstić information content (AvgIpc) is 3.00. The number of rotatable bonds is 4. The number of nitrogens with one attached hydrogen (secondary N) is 1. The Balaban J connectivity index is 1.61. The lowest BCUT2D eigenvalue weighted by Gasteiger charge is -2.38. The molecular weight excluding hydrogens is 360 g/mol. The topological polar surface area (TPSA) is 65.0 Å². The molecule has 0 spiro atoms. The fourth-order valence-corrected chi connectivity index (χ4v) is 5.74. The van der Waals surface area contributed by atoms with Gasteiger partial charge in [0.2, 0.25) is 0 Å². The molecule has 0 saturated carbocycles. The van der Waals surface area contributed by atoms with E-state index in [2.05, 4.69) is 54.1 Å². The number of guanidine groups is 1. The molecule has 2 saturated heterocycles. The second-order valence-electron chi connectivity index (χ2n) is 7.66. The van der Waals surface area contributed by atoms with Crippen LogP contribution in [0.3, 0.4) is 0 Å². The Bertz CT molecular complexity index is 783. The van der Waals surface area contributed by atoms with Crippen LogP contribution in [0.4, 0.5) is 5.69 Å². The fraction of sp³-hybridized carbons (Fsp3) is 0.650. The molecule has 2 aliphatic heterocycles. The Hall–Kier alpha value is -1.76. The molecule has 1 N–H and O–H groups in total. The van der Waals surface area contributed by atoms with Crippen molar-refractivity contribution in [2.24, 2.45) is 10.9 Å². The van der Waals surface area contributed by atoms with Crippen LogP contribution in [0.2, 0.25) is 0 Å². The summed E-state index contributed by atoms with van der Waals surface area (Å²) in [6.45, 7) is 11.6. The summed E-state index contributed by atoms with van der Waals surface area (Å²) in [6, 6.07) is 6.50. The van der Waals surface area contributed by atoms with Crippen molar-refractivity contribution in [2.75, 3.05) is 55.7 Å². The van der Waals surface area contributed by atoms with Gasteiger partial charge in [0.1, 0.15) is 0 Å². The lowest BCUT2D eigenvalue weighted by atomic mass is 10.1. The molecule has 0 aromatic heterocycles. The highest BCUT2D eigenvalue weighted by molar-refractivity contribution is 7.91. The molecule has 0 radical (unpaired) electrons. The lowest BCUT2D eigenvalue weighted by molar-refractivity contribution is 0.371. The number of anilines is 1. The molecule has 2 fully saturated rings. The van der Waals surface area contributed by atoms with E-state index < -0.39 is 9.84 Å². The summed E-state index contributed by atoms with van der Waals surface area (Å²) in [5, 5.41) is 3.38. The predicted octanol–water partition coefficient (Wildman–Crippen LogP) is 1.83. The summed E-state index contributed by atoms with van der Waals surface area (Å²) in [7, 11) is -2.84. The highest BCUT2D eigenvalue weighted by Crippen LogP contribution is 2.24. The van der Waals surface area contributed by atoms with Crippen LogP contribution in [0, 0.1) is 19.8 Å². The maximum atomic E-state index is 11.7. The van der Waals surface area contributed by atoms with E-state index in [4.69, 9.17) is 4.99 Å². The van der Waals surface area contributed by atoms with Crippen molar-refractivity contribution in [2.45, 2.75) is 27.2 Å². The summed E-state index contributed by atoms with van der Waals surface area (Å²) in [5.74, 6) is 1.69. The van der Waals surface area contributed by atoms with Crippen LogP contribution in [0.5, 0.6) is 0 Å². The van der Waals surface area contributed by atoms with Crippen LogP contribution >= 0.6 is 0 Å². The van der Waals surface area contributed by atoms with Gasteiger partial charge in [-0.1, -0.05) is 12.1 Å². The molecule has 1 unspecified atom stereocenters. The highest BCUT2D eigenvalue weighted by atomic mass is 32.2. The minimum Gasteiger partial charge on any atom is -0.368 e. The molecule has 2 aliphatic rings. The van der Waals surface area contributed by atoms with Crippen LogP contribution in [0.25, 0.3) is 0 Å². The molecule has 1 aromatic carbocycles. The van der Waals surface area contributed by atoms with E-state index >= 15 is 0 Å². The summed E-state index contributed by atoms with van der Waals surface area (Å²) >= 11 is 0. The summed E-state index contributed by atoms with van der Waals surface area (Å²) in [4.78, 5) is 9.51. The van der Waals surface area contributed by atoms with E-state index in [-0.39, 0.29) is 11.7 Å². The molecule has 1 aromatic rings. The third kappa shape index (κ3) is 4.94. The zero-order valence-electron chi connectivity index (χ0n) is 16.7. The first kappa shape index (κ1) is 20.0. The standard InChI is InChI=1S/C20H32N4O2S/c1-4-21-20(22-14-18-8-13-27(25,26)15-18)24-11-9-23(10-12-24)19-7-5-6-16(2)17(19)3/h5-7,18H,4,8-15H2,1-3H3,(H,21,22). The van der Waals surface area contributed by atoms with E-state index in [0.717, 1.165) is 45.1 Å². The number of hydrogen-bond acceptors (Lipinski definition) is 4. The number of hydrogen-bond donors (Lipinski definition) is 1. The van der Waals surface area contributed by atoms with Crippen LogP contribution in [-0.4, -0.2) is 70.1 Å². The normalized spacial score (nSPS) is 22.9. The van der Waals surface area contributed by atoms with Gasteiger partial charge in [-0.3, -0.25) is 4.99 Å². The zero-order chi connectivity index (χ0) is 19.4. The first-order valence-electron chi connectivity index (χ1n) is 9.94. The van der Waals surface area contributed by atoms with Gasteiger partial charge >= 0.3 is 0 Å². The van der Waals surface area contributed by atoms with Gasteiger partial charge in [-0.05, 0) is 50.3 Å². The molecule has 1 atom stereocenters. The second-order valence-corrected chi connectivity index (χ2v) is 9.89. The van der Waals surface area contributed by atoms with Crippen LogP contribution in [0.15, 0.2) is 23.2 Å². The van der Waals surface area contributed by atoms with Gasteiger partial charge in [0.05, 0.1) is 11.5 Å². The number of nitrogens with zero attached hydrogens (tertiary/aromatic N) is 3. The predicted molar refractivity (Wildman–Crippen MR) is 112 cm³/mol. The Morgan fingerprint density at radius 2 is 1.96 bits per heavy atom. The van der Waals surface area contributed by atoms with E-state index in [1.807, 2.05) is 0 Å². The van der Waals surface area contributed by atoms with Gasteiger partial charge in [0.25, 0.3) is 0 Å². The third-order valence-corrected chi connectivity index (χ3v) is 7.49. The highest BCUT2D eigenvalue weighted by Gasteiger charge is 2.28. The summed E-state index contributed by atoms with van der Waals surface area (Å²) < 4.78 is 23.3. The molecular formula is C20H32N4O2S. The molecule has 150 valence electrons. The zero-order valence-corrected chi connectivity index (χ0v) is 17.6. The molecule has 0 amide bonds. The first-order valence-corrected chi connectivity index (χ1v) is 11.8. The fourth-order valence-electron chi connectivity index (χ4n) is 3.89. The van der Waals surface area contributed by atoms with Crippen molar-refractivity contribution in [3.63, 3.8) is 0 Å². The minimum absolute atomic E-state index is 0.167. The van der Waals surface area contributed by atoms with Crippen molar-refractivity contribution in [1.29, 1.82) is 0 Å². The Labute approximate surface area is 163 Å². The maximum Gasteiger partial charge on any atom is 0.194 e. The van der Waals surface area contributed by atoms with Gasteiger partial charge in [-0.15, -0.1) is 0 Å². The Morgan fingerprint density at radius 3 is 2.59 bits per heavy atom. The van der Waals surface area contributed by atoms with Gasteiger partial charge < -0.3 is 15.1 Å². The minimum atomic E-state index is -2.84. The smallest absolute Gasteiger partial charge is 0.194 e. The third-order valence-electron chi connectivity index (χ3n) is 5.66. The SMILES string of the molecule is CCNC(=NCC1CCS(=O)(=O)C1)N1CCN(c2cccc(C)c2C)CC1. The summed E-state index contributed by atoms with van der Waals surface area (Å²) in [6.07, 6.45) is 0.742. The van der Waals surface area contributed by atoms with E-state index in [1.54, 1.807) is 0 Å². The largest absolute Gasteiger partial charge is 0.368 e. The summed E-state index contributed by atoms with van der Waals surface area (Å²) in [5.41, 5.74) is 4.01. The van der Waals surface area contributed by atoms with Crippen LogP contribution in [-0.2, 0) is 9.84 Å². The number of piperazine rings is 1. The molecule has 7 heteroatoms. The van der Waals surface area contributed by atoms with Crippen molar-refractivity contribution in [1.82, 2.24) is 10.2 Å². The Kier molecular flexibility index (Phi) is 6.29. The molecule has 6 nitrogen and oxygen atoms in total. The van der Waals surface area contributed by atoms with Crippen molar-refractivity contribution < 1.29 is 8.42 Å². The van der Waals surface area contributed by atoms with E-state index in [1.165, 1.54) is 16.8 Å². The number of sulfone groups is 1. The molecule has 27 heavy (non-hydrogen) atoms. The van der Waals surface area contributed by atoms with Crippen LogP contribution < -0.4 is 10.2 Å². The monoisotopic (exact) mass is 392 g/mol. The quantitative estimate of drug-likeness (QED) is 0.626. The number of aliphatic imine (C=N–C) groups is 1. The first-order chi connectivity index (χ1) is 12.9. The molecule has 3 rings (SSSR count). The number of benzene rings is 1. The van der Waals surface area contributed by atoms with Crippen molar-refractivity contribution in [3.05, 3.63) is 29.3 Å². The van der Waals surface area contributed by atoms with Gasteiger partial charge in [0.15, 0.2) is 15.8 Å². The van der Waals surface area contributed by atoms with Gasteiger partial charge in [-0.25, -0.2) is 8.42 Å². The lowest BCUT2D eigenvalue weighted by Crippen LogP contribution is -2.52. The maximum absolute atomic E-state index is 11.7. The van der Waals surface area contributed by atoms with Crippen molar-refractivity contribution >= 4 is 21.5 Å². The van der Waals surface area contributed by atoms with E-state index in [0.29, 0.717) is 12.3 Å². The van der Waals surface area contributed by atoms with Gasteiger partial charge in [0, 0.05) is 45.0 Å². The molecule has 0 aliphatic carbocycles. The van der Waals surface area contributed by atoms with Crippen LogP contribution in [0.1, 0.15) is 24.5 Å². The molecule has 0 bridgehead atoms.